The predicted molar refractivity (Wildman–Crippen MR) is 79.7 cm³/mol. The number of non-ortho nitro benzene ring substituents is 1. The van der Waals surface area contributed by atoms with Gasteiger partial charge in [0.15, 0.2) is 5.69 Å². The minimum atomic E-state index is -0.966. The summed E-state index contributed by atoms with van der Waals surface area (Å²) in [6, 6.07) is 2.94. The monoisotopic (exact) mass is 334 g/mol. The molecule has 2 rings (SSSR count). The van der Waals surface area contributed by atoms with Crippen LogP contribution in [-0.2, 0) is 7.05 Å². The molecule has 0 saturated carbocycles. The Morgan fingerprint density at radius 2 is 2.08 bits per heavy atom. The number of aromatic nitrogens is 2. The van der Waals surface area contributed by atoms with Crippen LogP contribution in [0.4, 0.5) is 11.4 Å². The van der Waals surface area contributed by atoms with Crippen molar-refractivity contribution in [2.24, 2.45) is 12.1 Å². The van der Waals surface area contributed by atoms with Gasteiger partial charge in [-0.05, 0) is 6.07 Å². The van der Waals surface area contributed by atoms with Gasteiger partial charge in [0.1, 0.15) is 0 Å². The van der Waals surface area contributed by atoms with E-state index in [2.05, 4.69) is 15.6 Å². The zero-order chi connectivity index (χ0) is 17.9. The number of nitro groups is 2. The largest absolute Gasteiger partial charge is 0.502 e. The van der Waals surface area contributed by atoms with Crippen molar-refractivity contribution in [1.82, 2.24) is 15.2 Å². The van der Waals surface area contributed by atoms with Gasteiger partial charge in [0.2, 0.25) is 5.75 Å². The van der Waals surface area contributed by atoms with Gasteiger partial charge >= 0.3 is 5.69 Å². The molecule has 0 unspecified atom stereocenters. The first-order valence-electron chi connectivity index (χ1n) is 6.28. The Kier molecular flexibility index (Phi) is 4.49. The lowest BCUT2D eigenvalue weighted by atomic mass is 10.1. The molecule has 24 heavy (non-hydrogen) atoms. The number of nitrogens with zero attached hydrogens (tertiary/aromatic N) is 5. The summed E-state index contributed by atoms with van der Waals surface area (Å²) in [5.74, 6) is -1.47. The topological polar surface area (TPSA) is 166 Å². The lowest BCUT2D eigenvalue weighted by Crippen LogP contribution is -2.18. The minimum absolute atomic E-state index is 0.0731. The molecule has 1 amide bonds. The van der Waals surface area contributed by atoms with Crippen LogP contribution in [0.25, 0.3) is 0 Å². The summed E-state index contributed by atoms with van der Waals surface area (Å²) < 4.78 is 1.40. The van der Waals surface area contributed by atoms with E-state index in [-0.39, 0.29) is 11.3 Å². The normalized spacial score (nSPS) is 10.7. The summed E-state index contributed by atoms with van der Waals surface area (Å²) in [5, 5.41) is 38.7. The number of nitro benzene ring substituents is 2. The second-order valence-corrected chi connectivity index (χ2v) is 4.49. The SMILES string of the molecule is Cn1ccc(C(=O)NN=Cc2cc([N+](=O)[O-])cc([N+](=O)[O-])c2O)n1. The second-order valence-electron chi connectivity index (χ2n) is 4.49. The molecular formula is C12H10N6O6. The number of aromatic hydroxyl groups is 1. The average Bonchev–Trinajstić information content (AvgIpc) is 2.94. The van der Waals surface area contributed by atoms with Crippen LogP contribution in [-0.4, -0.2) is 36.9 Å². The van der Waals surface area contributed by atoms with Gasteiger partial charge in [0.05, 0.1) is 27.7 Å². The Morgan fingerprint density at radius 1 is 1.38 bits per heavy atom. The number of nitrogens with one attached hydrogen (secondary N) is 1. The zero-order valence-electron chi connectivity index (χ0n) is 12.1. The maximum Gasteiger partial charge on any atom is 0.318 e. The summed E-state index contributed by atoms with van der Waals surface area (Å²) in [6.45, 7) is 0. The van der Waals surface area contributed by atoms with Gasteiger partial charge in [-0.15, -0.1) is 0 Å². The molecule has 1 heterocycles. The molecule has 0 bridgehead atoms. The van der Waals surface area contributed by atoms with Crippen LogP contribution in [0, 0.1) is 20.2 Å². The van der Waals surface area contributed by atoms with Gasteiger partial charge in [-0.1, -0.05) is 0 Å². The number of hydrogen-bond donors (Lipinski definition) is 2. The number of carbonyl (C=O) groups excluding carboxylic acids is 1. The van der Waals surface area contributed by atoms with E-state index < -0.39 is 32.9 Å². The fourth-order valence-electron chi connectivity index (χ4n) is 1.72. The molecule has 124 valence electrons. The first kappa shape index (κ1) is 16.5. The number of aryl methyl sites for hydroxylation is 1. The summed E-state index contributed by atoms with van der Waals surface area (Å²) in [7, 11) is 1.61. The van der Waals surface area contributed by atoms with E-state index in [9.17, 15) is 30.1 Å². The van der Waals surface area contributed by atoms with Gasteiger partial charge in [-0.25, -0.2) is 5.43 Å². The third-order valence-electron chi connectivity index (χ3n) is 2.83. The summed E-state index contributed by atoms with van der Waals surface area (Å²) in [5.41, 5.74) is 0.422. The highest BCUT2D eigenvalue weighted by atomic mass is 16.6. The molecule has 1 aromatic heterocycles. The minimum Gasteiger partial charge on any atom is -0.502 e. The highest BCUT2D eigenvalue weighted by molar-refractivity contribution is 5.93. The molecule has 0 radical (unpaired) electrons. The molecule has 0 aliphatic rings. The maximum atomic E-state index is 11.7. The van der Waals surface area contributed by atoms with Crippen molar-refractivity contribution in [3.05, 3.63) is 55.9 Å². The van der Waals surface area contributed by atoms with Crippen molar-refractivity contribution in [2.45, 2.75) is 0 Å². The fourth-order valence-corrected chi connectivity index (χ4v) is 1.72. The summed E-state index contributed by atoms with van der Waals surface area (Å²) >= 11 is 0. The number of hydrazone groups is 1. The van der Waals surface area contributed by atoms with E-state index in [1.165, 1.54) is 16.9 Å². The first-order valence-corrected chi connectivity index (χ1v) is 6.28. The summed E-state index contributed by atoms with van der Waals surface area (Å²) in [4.78, 5) is 31.5. The van der Waals surface area contributed by atoms with Crippen LogP contribution < -0.4 is 5.43 Å². The first-order chi connectivity index (χ1) is 11.3. The molecule has 0 aliphatic heterocycles. The fraction of sp³-hybridized carbons (Fsp3) is 0.0833. The Morgan fingerprint density at radius 3 is 2.62 bits per heavy atom. The molecule has 0 atom stereocenters. The third-order valence-corrected chi connectivity index (χ3v) is 2.83. The lowest BCUT2D eigenvalue weighted by Gasteiger charge is -2.01. The maximum absolute atomic E-state index is 11.7. The van der Waals surface area contributed by atoms with E-state index in [1.54, 1.807) is 7.05 Å². The molecule has 2 aromatic rings. The van der Waals surface area contributed by atoms with Crippen LogP contribution in [0.15, 0.2) is 29.5 Å². The smallest absolute Gasteiger partial charge is 0.318 e. The molecule has 0 saturated heterocycles. The molecule has 2 N–H and O–H groups in total. The Hall–Kier alpha value is -3.83. The Labute approximate surface area is 133 Å². The van der Waals surface area contributed by atoms with E-state index in [1.807, 2.05) is 0 Å². The Balaban J connectivity index is 2.26. The number of rotatable bonds is 5. The molecule has 0 fully saturated rings. The molecular weight excluding hydrogens is 324 g/mol. The number of hydrogen-bond acceptors (Lipinski definition) is 8. The van der Waals surface area contributed by atoms with E-state index in [0.717, 1.165) is 12.3 Å². The van der Waals surface area contributed by atoms with E-state index in [4.69, 9.17) is 0 Å². The molecule has 1 aromatic carbocycles. The van der Waals surface area contributed by atoms with Gasteiger partial charge < -0.3 is 5.11 Å². The van der Waals surface area contributed by atoms with Crippen LogP contribution in [0.3, 0.4) is 0 Å². The number of carbonyl (C=O) groups is 1. The second kappa shape index (κ2) is 6.51. The molecule has 12 nitrogen and oxygen atoms in total. The number of phenolic OH excluding ortho intramolecular Hbond substituents is 1. The summed E-state index contributed by atoms with van der Waals surface area (Å²) in [6.07, 6.45) is 2.39. The van der Waals surface area contributed by atoms with E-state index in [0.29, 0.717) is 6.07 Å². The van der Waals surface area contributed by atoms with Crippen LogP contribution in [0.5, 0.6) is 5.75 Å². The van der Waals surface area contributed by atoms with Crippen molar-refractivity contribution in [3.8, 4) is 5.75 Å². The predicted octanol–water partition coefficient (Wildman–Crippen LogP) is 0.706. The highest BCUT2D eigenvalue weighted by Gasteiger charge is 2.23. The number of amides is 1. The van der Waals surface area contributed by atoms with Crippen molar-refractivity contribution >= 4 is 23.5 Å². The van der Waals surface area contributed by atoms with Crippen LogP contribution >= 0.6 is 0 Å². The molecule has 0 spiro atoms. The number of benzene rings is 1. The lowest BCUT2D eigenvalue weighted by molar-refractivity contribution is -0.394. The Bertz CT molecular complexity index is 858. The van der Waals surface area contributed by atoms with Crippen molar-refractivity contribution in [2.75, 3.05) is 0 Å². The van der Waals surface area contributed by atoms with Crippen molar-refractivity contribution < 1.29 is 19.7 Å². The zero-order valence-corrected chi connectivity index (χ0v) is 12.1. The van der Waals surface area contributed by atoms with Crippen molar-refractivity contribution in [3.63, 3.8) is 0 Å². The standard InChI is InChI=1S/C12H10N6O6/c1-16-3-2-9(15-16)12(20)14-13-6-7-4-8(17(21)22)5-10(11(7)19)18(23)24/h2-6,19H,1H3,(H,14,20). The average molecular weight is 334 g/mol. The van der Waals surface area contributed by atoms with E-state index >= 15 is 0 Å². The van der Waals surface area contributed by atoms with Crippen molar-refractivity contribution in [1.29, 1.82) is 0 Å². The molecule has 0 aliphatic carbocycles. The van der Waals surface area contributed by atoms with Gasteiger partial charge in [-0.2, -0.15) is 10.2 Å². The van der Waals surface area contributed by atoms with Gasteiger partial charge in [0, 0.05) is 19.3 Å². The van der Waals surface area contributed by atoms with Crippen LogP contribution in [0.1, 0.15) is 16.1 Å². The highest BCUT2D eigenvalue weighted by Crippen LogP contribution is 2.33. The van der Waals surface area contributed by atoms with Crippen LogP contribution in [0.2, 0.25) is 0 Å². The van der Waals surface area contributed by atoms with Gasteiger partial charge in [0.25, 0.3) is 11.6 Å². The quantitative estimate of drug-likeness (QED) is 0.461. The number of phenols is 1. The van der Waals surface area contributed by atoms with Gasteiger partial charge in [-0.3, -0.25) is 29.7 Å². The molecule has 12 heteroatoms. The third kappa shape index (κ3) is 3.49.